The van der Waals surface area contributed by atoms with E-state index in [0.717, 1.165) is 0 Å². The fraction of sp³-hybridized carbons (Fsp3) is 0.500. The highest BCUT2D eigenvalue weighted by Crippen LogP contribution is 2.28. The molecule has 0 aliphatic rings. The van der Waals surface area contributed by atoms with Crippen LogP contribution in [0.4, 0.5) is 0 Å². The molecule has 0 aliphatic heterocycles. The summed E-state index contributed by atoms with van der Waals surface area (Å²) < 4.78 is 0.542. The lowest BCUT2D eigenvalue weighted by Crippen LogP contribution is -2.30. The third-order valence-electron chi connectivity index (χ3n) is 0.889. The van der Waals surface area contributed by atoms with Crippen LogP contribution in [0.1, 0.15) is 0 Å². The molecule has 0 spiro atoms. The molecule has 0 heterocycles. The summed E-state index contributed by atoms with van der Waals surface area (Å²) in [6, 6.07) is 0. The highest BCUT2D eigenvalue weighted by molar-refractivity contribution is 7.42. The van der Waals surface area contributed by atoms with Crippen molar-refractivity contribution in [2.45, 2.75) is 0 Å². The van der Waals surface area contributed by atoms with Gasteiger partial charge in [0.15, 0.2) is 0 Å². The van der Waals surface area contributed by atoms with Crippen LogP contribution >= 0.6 is 8.53 Å². The molecule has 0 bridgehead atoms. The van der Waals surface area contributed by atoms with E-state index in [0.29, 0.717) is 4.67 Å². The van der Waals surface area contributed by atoms with E-state index in [4.69, 9.17) is 20.0 Å². The van der Waals surface area contributed by atoms with Gasteiger partial charge in [-0.3, -0.25) is 9.59 Å². The standard InChI is InChI=1S/C4H8NO6P/c6-3(7)1-5(12(10)11)2-4(8)9/h10-11H,1-2H2,(H,6,7)(H,8,9). The summed E-state index contributed by atoms with van der Waals surface area (Å²) in [6.07, 6.45) is 0. The second-order valence-corrected chi connectivity index (χ2v) is 2.98. The van der Waals surface area contributed by atoms with E-state index in [1.54, 1.807) is 0 Å². The number of nitrogens with zero attached hydrogens (tertiary/aromatic N) is 1. The molecule has 8 heteroatoms. The van der Waals surface area contributed by atoms with E-state index in [9.17, 15) is 9.59 Å². The fourth-order valence-corrected chi connectivity index (χ4v) is 0.990. The fourth-order valence-electron chi connectivity index (χ4n) is 0.495. The molecule has 70 valence electrons. The van der Waals surface area contributed by atoms with Gasteiger partial charge in [-0.05, 0) is 0 Å². The van der Waals surface area contributed by atoms with E-state index in [-0.39, 0.29) is 0 Å². The Bertz CT molecular complexity index is 166. The van der Waals surface area contributed by atoms with Crippen LogP contribution in [0.3, 0.4) is 0 Å². The van der Waals surface area contributed by atoms with Gasteiger partial charge < -0.3 is 20.0 Å². The second-order valence-electron chi connectivity index (χ2n) is 1.88. The number of carbonyl (C=O) groups is 2. The van der Waals surface area contributed by atoms with Crippen molar-refractivity contribution >= 4 is 20.5 Å². The van der Waals surface area contributed by atoms with Crippen molar-refractivity contribution in [2.24, 2.45) is 0 Å². The predicted octanol–water partition coefficient (Wildman–Crippen LogP) is -1.33. The molecule has 0 aromatic rings. The number of carboxylic acid groups (broad SMARTS) is 2. The summed E-state index contributed by atoms with van der Waals surface area (Å²) in [5.41, 5.74) is 0. The van der Waals surface area contributed by atoms with Crippen LogP contribution in [0.5, 0.6) is 0 Å². The largest absolute Gasteiger partial charge is 0.480 e. The average Bonchev–Trinajstić information content (AvgIpc) is 1.83. The van der Waals surface area contributed by atoms with Gasteiger partial charge in [-0.25, -0.2) is 4.67 Å². The molecule has 7 nitrogen and oxygen atoms in total. The van der Waals surface area contributed by atoms with Crippen LogP contribution < -0.4 is 0 Å². The smallest absolute Gasteiger partial charge is 0.318 e. The first-order chi connectivity index (χ1) is 5.43. The normalized spacial score (nSPS) is 10.7. The van der Waals surface area contributed by atoms with Crippen LogP contribution in [-0.2, 0) is 9.59 Å². The molecule has 0 atom stereocenters. The molecule has 0 amide bonds. The Morgan fingerprint density at radius 2 is 1.42 bits per heavy atom. The summed E-state index contributed by atoms with van der Waals surface area (Å²) in [7, 11) is -2.66. The Kier molecular flexibility index (Phi) is 4.68. The molecule has 0 unspecified atom stereocenters. The maximum atomic E-state index is 10.0. The molecule has 0 aromatic carbocycles. The molecule has 0 fully saturated rings. The second kappa shape index (κ2) is 5.00. The number of hydrogen-bond acceptors (Lipinski definition) is 5. The van der Waals surface area contributed by atoms with Crippen molar-refractivity contribution in [3.63, 3.8) is 0 Å². The molecule has 0 rings (SSSR count). The quantitative estimate of drug-likeness (QED) is 0.403. The molecule has 0 saturated heterocycles. The third kappa shape index (κ3) is 4.97. The van der Waals surface area contributed by atoms with Gasteiger partial charge in [0.05, 0.1) is 0 Å². The Balaban J connectivity index is 4.04. The number of carboxylic acids is 2. The number of aliphatic carboxylic acids is 2. The minimum absolute atomic E-state index is 0.542. The minimum atomic E-state index is -2.66. The van der Waals surface area contributed by atoms with E-state index in [1.165, 1.54) is 0 Å². The lowest BCUT2D eigenvalue weighted by atomic mass is 10.6. The van der Waals surface area contributed by atoms with Crippen molar-refractivity contribution in [2.75, 3.05) is 13.1 Å². The topological polar surface area (TPSA) is 118 Å². The monoisotopic (exact) mass is 197 g/mol. The SMILES string of the molecule is O=C(O)CN(CC(=O)O)P(O)O. The van der Waals surface area contributed by atoms with Crippen molar-refractivity contribution in [1.82, 2.24) is 4.67 Å². The molecular formula is C4H8NO6P. The molecule has 0 aliphatic carbocycles. The first kappa shape index (κ1) is 11.2. The summed E-state index contributed by atoms with van der Waals surface area (Å²) in [5, 5.41) is 16.4. The van der Waals surface area contributed by atoms with Crippen LogP contribution in [0, 0.1) is 0 Å². The zero-order chi connectivity index (χ0) is 9.72. The van der Waals surface area contributed by atoms with Gasteiger partial charge in [-0.2, -0.15) is 0 Å². The molecule has 4 N–H and O–H groups in total. The molecule has 12 heavy (non-hydrogen) atoms. The van der Waals surface area contributed by atoms with Gasteiger partial charge in [0.2, 0.25) is 0 Å². The number of hydrogen-bond donors (Lipinski definition) is 4. The van der Waals surface area contributed by atoms with Crippen LogP contribution in [0.2, 0.25) is 0 Å². The van der Waals surface area contributed by atoms with Gasteiger partial charge >= 0.3 is 11.9 Å². The van der Waals surface area contributed by atoms with Crippen molar-refractivity contribution in [1.29, 1.82) is 0 Å². The van der Waals surface area contributed by atoms with Gasteiger partial charge in [-0.15, -0.1) is 0 Å². The van der Waals surface area contributed by atoms with E-state index in [1.807, 2.05) is 0 Å². The summed E-state index contributed by atoms with van der Waals surface area (Å²) in [6.45, 7) is -1.41. The van der Waals surface area contributed by atoms with Gasteiger partial charge in [0, 0.05) is 0 Å². The molecule has 0 radical (unpaired) electrons. The van der Waals surface area contributed by atoms with E-state index < -0.39 is 33.6 Å². The summed E-state index contributed by atoms with van der Waals surface area (Å²) in [5.74, 6) is -2.63. The maximum Gasteiger partial charge on any atom is 0.318 e. The Morgan fingerprint density at radius 3 is 1.58 bits per heavy atom. The third-order valence-corrected chi connectivity index (χ3v) is 1.68. The zero-order valence-electron chi connectivity index (χ0n) is 5.91. The number of rotatable bonds is 5. The van der Waals surface area contributed by atoms with Crippen molar-refractivity contribution in [3.05, 3.63) is 0 Å². The van der Waals surface area contributed by atoms with Crippen LogP contribution in [-0.4, -0.2) is 49.7 Å². The summed E-state index contributed by atoms with van der Waals surface area (Å²) in [4.78, 5) is 37.2. The lowest BCUT2D eigenvalue weighted by molar-refractivity contribution is -0.140. The zero-order valence-corrected chi connectivity index (χ0v) is 6.81. The Labute approximate surface area is 68.8 Å². The van der Waals surface area contributed by atoms with Crippen LogP contribution in [0.15, 0.2) is 0 Å². The van der Waals surface area contributed by atoms with Crippen molar-refractivity contribution in [3.8, 4) is 0 Å². The molecule has 0 saturated carbocycles. The van der Waals surface area contributed by atoms with Crippen molar-refractivity contribution < 1.29 is 29.6 Å². The van der Waals surface area contributed by atoms with Gasteiger partial charge in [0.25, 0.3) is 8.53 Å². The van der Waals surface area contributed by atoms with E-state index in [2.05, 4.69) is 0 Å². The first-order valence-electron chi connectivity index (χ1n) is 2.80. The average molecular weight is 197 g/mol. The van der Waals surface area contributed by atoms with Gasteiger partial charge in [0.1, 0.15) is 13.1 Å². The predicted molar refractivity (Wildman–Crippen MR) is 38.2 cm³/mol. The van der Waals surface area contributed by atoms with E-state index >= 15 is 0 Å². The first-order valence-corrected chi connectivity index (χ1v) is 4.00. The van der Waals surface area contributed by atoms with Crippen LogP contribution in [0.25, 0.3) is 0 Å². The summed E-state index contributed by atoms with van der Waals surface area (Å²) >= 11 is 0. The molecular weight excluding hydrogens is 189 g/mol. The molecule has 0 aromatic heterocycles. The highest BCUT2D eigenvalue weighted by Gasteiger charge is 2.19. The highest BCUT2D eigenvalue weighted by atomic mass is 31.2. The van der Waals surface area contributed by atoms with Gasteiger partial charge in [-0.1, -0.05) is 0 Å². The lowest BCUT2D eigenvalue weighted by Gasteiger charge is -2.17. The minimum Gasteiger partial charge on any atom is -0.480 e. The Hall–Kier alpha value is -0.750. The maximum absolute atomic E-state index is 10.0. The Morgan fingerprint density at radius 1 is 1.08 bits per heavy atom.